The van der Waals surface area contributed by atoms with Gasteiger partial charge in [-0.05, 0) is 18.1 Å². The first-order valence-electron chi connectivity index (χ1n) is 8.18. The number of carbonyl (C=O) groups excluding carboxylic acids is 3. The lowest BCUT2D eigenvalue weighted by Crippen LogP contribution is -2.26. The fourth-order valence-corrected chi connectivity index (χ4v) is 3.33. The maximum absolute atomic E-state index is 13.2. The minimum Gasteiger partial charge on any atom is -0.468 e. The second-order valence-corrected chi connectivity index (χ2v) is 6.13. The summed E-state index contributed by atoms with van der Waals surface area (Å²) in [7, 11) is 1.15. The quantitative estimate of drug-likeness (QED) is 0.666. The Kier molecular flexibility index (Phi) is 4.58. The van der Waals surface area contributed by atoms with Crippen LogP contribution in [0, 0.1) is 22.7 Å². The van der Waals surface area contributed by atoms with Crippen LogP contribution in [-0.2, 0) is 9.53 Å². The average molecular weight is 358 g/mol. The van der Waals surface area contributed by atoms with Crippen molar-refractivity contribution in [1.29, 1.82) is 10.5 Å². The van der Waals surface area contributed by atoms with Crippen LogP contribution in [0.5, 0.6) is 0 Å². The van der Waals surface area contributed by atoms with Crippen LogP contribution >= 0.6 is 0 Å². The molecule has 0 amide bonds. The highest BCUT2D eigenvalue weighted by Crippen LogP contribution is 2.36. The van der Waals surface area contributed by atoms with Gasteiger partial charge in [-0.25, -0.2) is 0 Å². The van der Waals surface area contributed by atoms with Gasteiger partial charge < -0.3 is 4.74 Å². The molecule has 6 heteroatoms. The number of carbonyl (C=O) groups is 3. The molecule has 1 aliphatic rings. The maximum atomic E-state index is 13.2. The summed E-state index contributed by atoms with van der Waals surface area (Å²) in [5.74, 6) is -3.54. The highest BCUT2D eigenvalue weighted by atomic mass is 16.5. The number of hydrogen-bond acceptors (Lipinski definition) is 6. The standard InChI is InChI=1S/C21H14N2O4/c1-11(9-22)12-5-3-7-14-17(12)19(24)15-8-4-6-13(18(15)20(14)25)16(10-23)21(26)27-2/h3-8,11,16H,1-2H3. The monoisotopic (exact) mass is 358 g/mol. The van der Waals surface area contributed by atoms with Crippen molar-refractivity contribution in [3.05, 3.63) is 69.8 Å². The van der Waals surface area contributed by atoms with E-state index in [0.717, 1.165) is 7.11 Å². The number of nitriles is 2. The lowest BCUT2D eigenvalue weighted by Gasteiger charge is -2.23. The van der Waals surface area contributed by atoms with Crippen LogP contribution in [0.15, 0.2) is 36.4 Å². The largest absolute Gasteiger partial charge is 0.468 e. The molecule has 3 rings (SSSR count). The minimum atomic E-state index is -1.32. The number of nitrogens with zero attached hydrogens (tertiary/aromatic N) is 2. The van der Waals surface area contributed by atoms with Crippen LogP contribution in [0.25, 0.3) is 0 Å². The summed E-state index contributed by atoms with van der Waals surface area (Å²) in [6.45, 7) is 1.66. The molecule has 0 saturated carbocycles. The summed E-state index contributed by atoms with van der Waals surface area (Å²) in [4.78, 5) is 38.3. The molecule has 0 fully saturated rings. The second-order valence-electron chi connectivity index (χ2n) is 6.13. The third-order valence-corrected chi connectivity index (χ3v) is 4.67. The van der Waals surface area contributed by atoms with Gasteiger partial charge in [0.05, 0.1) is 25.2 Å². The first kappa shape index (κ1) is 18.0. The SMILES string of the molecule is COC(=O)C(C#N)c1cccc2c1C(=O)c1cccc(C(C)C#N)c1C2=O. The lowest BCUT2D eigenvalue weighted by molar-refractivity contribution is -0.141. The van der Waals surface area contributed by atoms with Gasteiger partial charge in [0.15, 0.2) is 17.5 Å². The van der Waals surface area contributed by atoms with E-state index >= 15 is 0 Å². The van der Waals surface area contributed by atoms with Crippen molar-refractivity contribution < 1.29 is 19.1 Å². The van der Waals surface area contributed by atoms with Crippen molar-refractivity contribution in [1.82, 2.24) is 0 Å². The van der Waals surface area contributed by atoms with E-state index < -0.39 is 29.4 Å². The molecule has 27 heavy (non-hydrogen) atoms. The summed E-state index contributed by atoms with van der Waals surface area (Å²) >= 11 is 0. The fourth-order valence-electron chi connectivity index (χ4n) is 3.33. The van der Waals surface area contributed by atoms with Gasteiger partial charge in [0.25, 0.3) is 0 Å². The third kappa shape index (κ3) is 2.68. The van der Waals surface area contributed by atoms with Crippen molar-refractivity contribution in [2.75, 3.05) is 7.11 Å². The number of ketones is 2. The Labute approximate surface area is 155 Å². The van der Waals surface area contributed by atoms with Gasteiger partial charge in [-0.1, -0.05) is 36.4 Å². The first-order chi connectivity index (χ1) is 13.0. The van der Waals surface area contributed by atoms with Gasteiger partial charge in [-0.15, -0.1) is 0 Å². The van der Waals surface area contributed by atoms with E-state index in [-0.39, 0.29) is 27.8 Å². The van der Waals surface area contributed by atoms with E-state index in [9.17, 15) is 24.9 Å². The molecule has 2 aromatic carbocycles. The zero-order chi connectivity index (χ0) is 19.7. The molecule has 0 saturated heterocycles. The molecule has 2 aromatic rings. The average Bonchev–Trinajstić information content (AvgIpc) is 2.71. The minimum absolute atomic E-state index is 0.0358. The Morgan fingerprint density at radius 3 is 1.93 bits per heavy atom. The number of methoxy groups -OCH3 is 1. The van der Waals surface area contributed by atoms with E-state index in [1.165, 1.54) is 24.3 Å². The van der Waals surface area contributed by atoms with Crippen molar-refractivity contribution in [3.63, 3.8) is 0 Å². The van der Waals surface area contributed by atoms with Crippen molar-refractivity contribution in [2.24, 2.45) is 0 Å². The molecule has 0 bridgehead atoms. The number of benzene rings is 2. The number of ether oxygens (including phenoxy) is 1. The molecule has 0 N–H and O–H groups in total. The Hall–Kier alpha value is -3.77. The van der Waals surface area contributed by atoms with E-state index in [1.807, 2.05) is 6.07 Å². The molecule has 2 unspecified atom stereocenters. The van der Waals surface area contributed by atoms with Crippen molar-refractivity contribution >= 4 is 17.5 Å². The molecule has 0 radical (unpaired) electrons. The number of rotatable bonds is 3. The Morgan fingerprint density at radius 2 is 1.44 bits per heavy atom. The maximum Gasteiger partial charge on any atom is 0.327 e. The molecule has 132 valence electrons. The molecule has 0 aromatic heterocycles. The molecule has 0 heterocycles. The van der Waals surface area contributed by atoms with Crippen LogP contribution in [0.1, 0.15) is 61.7 Å². The van der Waals surface area contributed by atoms with Gasteiger partial charge >= 0.3 is 5.97 Å². The predicted octanol–water partition coefficient (Wildman–Crippen LogP) is 2.87. The van der Waals surface area contributed by atoms with Crippen LogP contribution in [0.2, 0.25) is 0 Å². The normalized spacial score (nSPS) is 14.2. The Balaban J connectivity index is 2.28. The van der Waals surface area contributed by atoms with Gasteiger partial charge in [-0.2, -0.15) is 10.5 Å². The first-order valence-corrected chi connectivity index (χ1v) is 8.18. The van der Waals surface area contributed by atoms with Gasteiger partial charge in [0.1, 0.15) is 0 Å². The summed E-state index contributed by atoms with van der Waals surface area (Å²) in [6, 6.07) is 13.2. The van der Waals surface area contributed by atoms with E-state index in [0.29, 0.717) is 5.56 Å². The number of esters is 1. The molecular formula is C21H14N2O4. The molecule has 0 aliphatic heterocycles. The second kappa shape index (κ2) is 6.86. The van der Waals surface area contributed by atoms with E-state index in [4.69, 9.17) is 0 Å². The molecule has 2 atom stereocenters. The lowest BCUT2D eigenvalue weighted by atomic mass is 9.76. The zero-order valence-electron chi connectivity index (χ0n) is 14.6. The predicted molar refractivity (Wildman–Crippen MR) is 94.1 cm³/mol. The summed E-state index contributed by atoms with van der Waals surface area (Å²) in [5.41, 5.74) is 1.15. The van der Waals surface area contributed by atoms with E-state index in [2.05, 4.69) is 10.8 Å². The summed E-state index contributed by atoms with van der Waals surface area (Å²) in [6.07, 6.45) is 0. The molecule has 0 spiro atoms. The van der Waals surface area contributed by atoms with Crippen LogP contribution < -0.4 is 0 Å². The van der Waals surface area contributed by atoms with Crippen LogP contribution in [-0.4, -0.2) is 24.6 Å². The third-order valence-electron chi connectivity index (χ3n) is 4.67. The van der Waals surface area contributed by atoms with Gasteiger partial charge in [-0.3, -0.25) is 14.4 Å². The highest BCUT2D eigenvalue weighted by molar-refractivity contribution is 6.29. The van der Waals surface area contributed by atoms with Crippen molar-refractivity contribution in [3.8, 4) is 12.1 Å². The number of fused-ring (bicyclic) bond motifs is 2. The summed E-state index contributed by atoms with van der Waals surface area (Å²) < 4.78 is 4.65. The zero-order valence-corrected chi connectivity index (χ0v) is 14.6. The smallest absolute Gasteiger partial charge is 0.327 e. The summed E-state index contributed by atoms with van der Waals surface area (Å²) in [5, 5.41) is 18.6. The molecule has 6 nitrogen and oxygen atoms in total. The van der Waals surface area contributed by atoms with E-state index in [1.54, 1.807) is 19.1 Å². The highest BCUT2D eigenvalue weighted by Gasteiger charge is 2.37. The van der Waals surface area contributed by atoms with Gasteiger partial charge in [0, 0.05) is 22.3 Å². The Bertz CT molecular complexity index is 1070. The number of hydrogen-bond donors (Lipinski definition) is 0. The Morgan fingerprint density at radius 1 is 0.926 bits per heavy atom. The van der Waals surface area contributed by atoms with Crippen LogP contribution in [0.3, 0.4) is 0 Å². The molecule has 1 aliphatic carbocycles. The van der Waals surface area contributed by atoms with Crippen LogP contribution in [0.4, 0.5) is 0 Å². The molecular weight excluding hydrogens is 344 g/mol. The van der Waals surface area contributed by atoms with Gasteiger partial charge in [0.2, 0.25) is 0 Å². The van der Waals surface area contributed by atoms with Crippen molar-refractivity contribution in [2.45, 2.75) is 18.8 Å². The topological polar surface area (TPSA) is 108 Å². The fraction of sp³-hybridized carbons (Fsp3) is 0.190.